The predicted molar refractivity (Wildman–Crippen MR) is 89.4 cm³/mol. The molecule has 1 aliphatic rings. The average Bonchev–Trinajstić information content (AvgIpc) is 2.81. The van der Waals surface area contributed by atoms with E-state index in [2.05, 4.69) is 4.98 Å². The number of hydrogen-bond donors (Lipinski definition) is 0. The second kappa shape index (κ2) is 4.99. The van der Waals surface area contributed by atoms with E-state index in [9.17, 15) is 9.18 Å². The van der Waals surface area contributed by atoms with Gasteiger partial charge in [-0.1, -0.05) is 18.2 Å². The van der Waals surface area contributed by atoms with Crippen molar-refractivity contribution in [1.82, 2.24) is 9.88 Å². The molecule has 3 aromatic rings. The normalized spacial score (nSPS) is 13.7. The van der Waals surface area contributed by atoms with Gasteiger partial charge in [0.15, 0.2) is 0 Å². The number of para-hydroxylation sites is 1. The Bertz CT molecular complexity index is 952. The van der Waals surface area contributed by atoms with Gasteiger partial charge < -0.3 is 9.80 Å². The number of anilines is 1. The summed E-state index contributed by atoms with van der Waals surface area (Å²) in [5, 5.41) is 1.41. The predicted octanol–water partition coefficient (Wildman–Crippen LogP) is 3.05. The Morgan fingerprint density at radius 1 is 1.17 bits per heavy atom. The standard InChI is InChI=1S/C18H16FN3O/c1-21(2)9-10-22-14-8-4-7-13-16(14)15(18(22)23)11-5-3-6-12(19)17(11)20-13/h3-8H,9-10H2,1-2H3. The molecule has 1 aliphatic heterocycles. The molecule has 0 atom stereocenters. The maximum Gasteiger partial charge on any atom is 0.259 e. The lowest BCUT2D eigenvalue weighted by Gasteiger charge is -2.20. The largest absolute Gasteiger partial charge is 0.308 e. The van der Waals surface area contributed by atoms with Gasteiger partial charge in [-0.25, -0.2) is 9.37 Å². The van der Waals surface area contributed by atoms with Crippen molar-refractivity contribution in [2.75, 3.05) is 32.1 Å². The van der Waals surface area contributed by atoms with Gasteiger partial charge in [0.1, 0.15) is 11.3 Å². The molecule has 116 valence electrons. The number of halogens is 1. The van der Waals surface area contributed by atoms with E-state index in [1.54, 1.807) is 17.0 Å². The average molecular weight is 309 g/mol. The van der Waals surface area contributed by atoms with Gasteiger partial charge in [0.2, 0.25) is 0 Å². The number of carbonyl (C=O) groups is 1. The first-order valence-electron chi connectivity index (χ1n) is 7.55. The van der Waals surface area contributed by atoms with Crippen molar-refractivity contribution in [3.8, 4) is 0 Å². The van der Waals surface area contributed by atoms with E-state index in [4.69, 9.17) is 0 Å². The van der Waals surface area contributed by atoms with Gasteiger partial charge in [-0.15, -0.1) is 0 Å². The summed E-state index contributed by atoms with van der Waals surface area (Å²) in [4.78, 5) is 21.2. The number of aromatic nitrogens is 1. The minimum Gasteiger partial charge on any atom is -0.308 e. The van der Waals surface area contributed by atoms with Crippen LogP contribution in [0.3, 0.4) is 0 Å². The Kier molecular flexibility index (Phi) is 3.06. The van der Waals surface area contributed by atoms with Crippen LogP contribution in [0.4, 0.5) is 10.1 Å². The van der Waals surface area contributed by atoms with Crippen LogP contribution in [0, 0.1) is 5.82 Å². The van der Waals surface area contributed by atoms with Crippen LogP contribution in [0.1, 0.15) is 10.4 Å². The Morgan fingerprint density at radius 3 is 2.74 bits per heavy atom. The van der Waals surface area contributed by atoms with Crippen molar-refractivity contribution >= 4 is 33.4 Å². The van der Waals surface area contributed by atoms with E-state index < -0.39 is 5.82 Å². The van der Waals surface area contributed by atoms with Gasteiger partial charge in [0.25, 0.3) is 5.91 Å². The summed E-state index contributed by atoms with van der Waals surface area (Å²) >= 11 is 0. The molecule has 0 saturated carbocycles. The van der Waals surface area contributed by atoms with Crippen molar-refractivity contribution in [2.45, 2.75) is 0 Å². The monoisotopic (exact) mass is 309 g/mol. The summed E-state index contributed by atoms with van der Waals surface area (Å²) in [6, 6.07) is 10.4. The topological polar surface area (TPSA) is 36.4 Å². The van der Waals surface area contributed by atoms with Crippen LogP contribution in [0.15, 0.2) is 36.4 Å². The molecule has 0 unspecified atom stereocenters. The molecule has 5 heteroatoms. The van der Waals surface area contributed by atoms with Crippen LogP contribution in [0.2, 0.25) is 0 Å². The zero-order chi connectivity index (χ0) is 16.1. The first kappa shape index (κ1) is 14.1. The highest BCUT2D eigenvalue weighted by molar-refractivity contribution is 6.30. The van der Waals surface area contributed by atoms with Crippen LogP contribution >= 0.6 is 0 Å². The Morgan fingerprint density at radius 2 is 1.96 bits per heavy atom. The van der Waals surface area contributed by atoms with Crippen molar-refractivity contribution < 1.29 is 9.18 Å². The zero-order valence-electron chi connectivity index (χ0n) is 13.0. The van der Waals surface area contributed by atoms with E-state index >= 15 is 0 Å². The van der Waals surface area contributed by atoms with Gasteiger partial charge in [-0.05, 0) is 32.3 Å². The van der Waals surface area contributed by atoms with Gasteiger partial charge >= 0.3 is 0 Å². The number of benzene rings is 2. The van der Waals surface area contributed by atoms with Gasteiger partial charge in [-0.3, -0.25) is 4.79 Å². The molecule has 0 spiro atoms. The summed E-state index contributed by atoms with van der Waals surface area (Å²) in [7, 11) is 3.95. The highest BCUT2D eigenvalue weighted by atomic mass is 19.1. The fourth-order valence-electron chi connectivity index (χ4n) is 3.18. The Balaban J connectivity index is 2.00. The van der Waals surface area contributed by atoms with Crippen LogP contribution in [0.5, 0.6) is 0 Å². The second-order valence-electron chi connectivity index (χ2n) is 6.05. The highest BCUT2D eigenvalue weighted by Gasteiger charge is 2.32. The number of rotatable bonds is 3. The third kappa shape index (κ3) is 2.00. The second-order valence-corrected chi connectivity index (χ2v) is 6.05. The minimum absolute atomic E-state index is 0.0731. The molecule has 0 N–H and O–H groups in total. The molecule has 0 bridgehead atoms. The summed E-state index contributed by atoms with van der Waals surface area (Å²) in [5.41, 5.74) is 2.35. The lowest BCUT2D eigenvalue weighted by molar-refractivity contribution is 0.0993. The van der Waals surface area contributed by atoms with Crippen LogP contribution in [-0.4, -0.2) is 43.0 Å². The number of hydrogen-bond acceptors (Lipinski definition) is 3. The van der Waals surface area contributed by atoms with E-state index in [0.29, 0.717) is 23.0 Å². The lowest BCUT2D eigenvalue weighted by atomic mass is 10.0. The van der Waals surface area contributed by atoms with E-state index in [1.165, 1.54) is 6.07 Å². The molecule has 1 amide bonds. The molecular formula is C18H16FN3O. The molecule has 4 rings (SSSR count). The molecule has 0 saturated heterocycles. The molecule has 0 fully saturated rings. The maximum absolute atomic E-state index is 14.1. The molecule has 1 aromatic heterocycles. The molecule has 0 radical (unpaired) electrons. The van der Waals surface area contributed by atoms with Gasteiger partial charge in [0.05, 0.1) is 16.8 Å². The van der Waals surface area contributed by atoms with Crippen molar-refractivity contribution in [3.05, 3.63) is 47.8 Å². The number of nitrogens with zero attached hydrogens (tertiary/aromatic N) is 3. The quantitative estimate of drug-likeness (QED) is 0.698. The maximum atomic E-state index is 14.1. The number of likely N-dealkylation sites (N-methyl/N-ethyl adjacent to an activating group) is 1. The first-order valence-corrected chi connectivity index (χ1v) is 7.55. The third-order valence-corrected chi connectivity index (χ3v) is 4.28. The first-order chi connectivity index (χ1) is 11.1. The van der Waals surface area contributed by atoms with Crippen molar-refractivity contribution in [3.63, 3.8) is 0 Å². The lowest BCUT2D eigenvalue weighted by Crippen LogP contribution is -2.34. The van der Waals surface area contributed by atoms with E-state index in [1.807, 2.05) is 37.2 Å². The van der Waals surface area contributed by atoms with Crippen LogP contribution < -0.4 is 4.90 Å². The molecular weight excluding hydrogens is 293 g/mol. The molecule has 0 aliphatic carbocycles. The minimum atomic E-state index is -0.398. The van der Waals surface area contributed by atoms with Crippen molar-refractivity contribution in [2.24, 2.45) is 0 Å². The number of carbonyl (C=O) groups excluding carboxylic acids is 1. The van der Waals surface area contributed by atoms with Gasteiger partial charge in [-0.2, -0.15) is 0 Å². The SMILES string of the molecule is CN(C)CCN1C(=O)c2c3cccc(F)c3nc3cccc1c23. The number of pyridine rings is 1. The smallest absolute Gasteiger partial charge is 0.259 e. The molecule has 4 nitrogen and oxygen atoms in total. The molecule has 23 heavy (non-hydrogen) atoms. The fraction of sp³-hybridized carbons (Fsp3) is 0.222. The highest BCUT2D eigenvalue weighted by Crippen LogP contribution is 2.40. The molecule has 2 heterocycles. The number of fused-ring (bicyclic) bond motifs is 2. The summed E-state index contributed by atoms with van der Waals surface area (Å²) < 4.78 is 14.1. The summed E-state index contributed by atoms with van der Waals surface area (Å²) in [6.45, 7) is 1.35. The Labute approximate surface area is 133 Å². The van der Waals surface area contributed by atoms with E-state index in [0.717, 1.165) is 17.6 Å². The molecule has 2 aromatic carbocycles. The van der Waals surface area contributed by atoms with Crippen molar-refractivity contribution in [1.29, 1.82) is 0 Å². The third-order valence-electron chi connectivity index (χ3n) is 4.28. The fourth-order valence-corrected chi connectivity index (χ4v) is 3.18. The summed E-state index contributed by atoms with van der Waals surface area (Å²) in [6.07, 6.45) is 0. The zero-order valence-corrected chi connectivity index (χ0v) is 13.0. The van der Waals surface area contributed by atoms with E-state index in [-0.39, 0.29) is 11.4 Å². The van der Waals surface area contributed by atoms with Crippen LogP contribution in [0.25, 0.3) is 21.8 Å². The van der Waals surface area contributed by atoms with Crippen LogP contribution in [-0.2, 0) is 0 Å². The Hall–Kier alpha value is -2.53. The summed E-state index contributed by atoms with van der Waals surface area (Å²) in [5.74, 6) is -0.471. The number of amides is 1. The van der Waals surface area contributed by atoms with Gasteiger partial charge in [0, 0.05) is 23.9 Å².